The predicted molar refractivity (Wildman–Crippen MR) is 114 cm³/mol. The highest BCUT2D eigenvalue weighted by atomic mass is 16.5. The lowest BCUT2D eigenvalue weighted by atomic mass is 9.99. The summed E-state index contributed by atoms with van der Waals surface area (Å²) in [7, 11) is 0. The van der Waals surface area contributed by atoms with Crippen LogP contribution in [0.3, 0.4) is 0 Å². The first-order valence-corrected chi connectivity index (χ1v) is 9.49. The molecule has 4 aromatic rings. The van der Waals surface area contributed by atoms with E-state index in [1.165, 1.54) is 0 Å². The van der Waals surface area contributed by atoms with Crippen molar-refractivity contribution >= 4 is 33.6 Å². The zero-order valence-electron chi connectivity index (χ0n) is 16.0. The number of esters is 1. The van der Waals surface area contributed by atoms with Gasteiger partial charge in [0, 0.05) is 17.5 Å². The Bertz CT molecular complexity index is 1210. The molecule has 1 heterocycles. The lowest BCUT2D eigenvalue weighted by Crippen LogP contribution is -2.28. The van der Waals surface area contributed by atoms with Gasteiger partial charge in [0.1, 0.15) is 0 Å². The summed E-state index contributed by atoms with van der Waals surface area (Å²) in [6.07, 6.45) is 0. The van der Waals surface area contributed by atoms with Gasteiger partial charge in [0.2, 0.25) is 0 Å². The summed E-state index contributed by atoms with van der Waals surface area (Å²) in [5.74, 6) is -0.871. The number of benzene rings is 3. The minimum Gasteiger partial charge on any atom is -0.452 e. The number of rotatable bonds is 5. The van der Waals surface area contributed by atoms with E-state index >= 15 is 0 Å². The lowest BCUT2D eigenvalue weighted by molar-refractivity contribution is -0.124. The molecule has 4 rings (SSSR count). The van der Waals surface area contributed by atoms with Crippen LogP contribution in [-0.4, -0.2) is 30.0 Å². The van der Waals surface area contributed by atoms with Gasteiger partial charge in [-0.3, -0.25) is 4.79 Å². The van der Waals surface area contributed by atoms with Crippen molar-refractivity contribution < 1.29 is 14.3 Å². The van der Waals surface area contributed by atoms with Crippen LogP contribution in [0.4, 0.5) is 0 Å². The minimum atomic E-state index is -0.545. The zero-order chi connectivity index (χ0) is 20.2. The third-order valence-electron chi connectivity index (χ3n) is 4.71. The molecule has 0 saturated heterocycles. The van der Waals surface area contributed by atoms with E-state index in [9.17, 15) is 9.59 Å². The SMILES string of the molecule is CCNC(=O)COC(=O)c1cc(-c2cccc3ccccc23)nc2ccccc12. The van der Waals surface area contributed by atoms with Crippen LogP contribution < -0.4 is 5.32 Å². The number of ether oxygens (including phenoxy) is 1. The highest BCUT2D eigenvalue weighted by molar-refractivity contribution is 6.06. The molecule has 1 N–H and O–H groups in total. The lowest BCUT2D eigenvalue weighted by Gasteiger charge is -2.11. The first-order valence-electron chi connectivity index (χ1n) is 9.49. The summed E-state index contributed by atoms with van der Waals surface area (Å²) in [5.41, 5.74) is 2.71. The molecule has 0 atom stereocenters. The Labute approximate surface area is 168 Å². The second-order valence-electron chi connectivity index (χ2n) is 6.63. The molecular formula is C24H20N2O3. The van der Waals surface area contributed by atoms with Crippen molar-refractivity contribution in [3.63, 3.8) is 0 Å². The fourth-order valence-electron chi connectivity index (χ4n) is 3.39. The van der Waals surface area contributed by atoms with Crippen LogP contribution in [0.25, 0.3) is 32.9 Å². The number of hydrogen-bond donors (Lipinski definition) is 1. The van der Waals surface area contributed by atoms with Gasteiger partial charge in [0.15, 0.2) is 6.61 Å². The van der Waals surface area contributed by atoms with E-state index in [1.807, 2.05) is 73.7 Å². The van der Waals surface area contributed by atoms with Gasteiger partial charge >= 0.3 is 5.97 Å². The molecule has 0 aliphatic carbocycles. The molecule has 0 fully saturated rings. The van der Waals surface area contributed by atoms with Crippen molar-refractivity contribution in [1.29, 1.82) is 0 Å². The highest BCUT2D eigenvalue weighted by Crippen LogP contribution is 2.30. The molecule has 0 radical (unpaired) electrons. The van der Waals surface area contributed by atoms with E-state index in [0.29, 0.717) is 28.7 Å². The summed E-state index contributed by atoms with van der Waals surface area (Å²) in [6.45, 7) is 1.99. The number of pyridine rings is 1. The largest absolute Gasteiger partial charge is 0.452 e. The van der Waals surface area contributed by atoms with Crippen molar-refractivity contribution in [2.75, 3.05) is 13.2 Å². The normalized spacial score (nSPS) is 10.8. The molecule has 0 saturated carbocycles. The molecule has 3 aromatic carbocycles. The monoisotopic (exact) mass is 384 g/mol. The van der Waals surface area contributed by atoms with Crippen LogP contribution in [0.15, 0.2) is 72.8 Å². The van der Waals surface area contributed by atoms with E-state index in [0.717, 1.165) is 16.3 Å². The maximum absolute atomic E-state index is 12.8. The molecule has 0 aliphatic heterocycles. The fourth-order valence-corrected chi connectivity index (χ4v) is 3.39. The number of hydrogen-bond acceptors (Lipinski definition) is 4. The van der Waals surface area contributed by atoms with Crippen molar-refractivity contribution in [1.82, 2.24) is 10.3 Å². The van der Waals surface area contributed by atoms with Crippen molar-refractivity contribution in [3.8, 4) is 11.3 Å². The average Bonchev–Trinajstić information content (AvgIpc) is 2.76. The number of carbonyl (C=O) groups is 2. The standard InChI is InChI=1S/C24H20N2O3/c1-2-25-23(27)15-29-24(28)20-14-22(26-21-13-6-5-11-19(20)21)18-12-7-9-16-8-3-4-10-17(16)18/h3-14H,2,15H2,1H3,(H,25,27). The second-order valence-corrected chi connectivity index (χ2v) is 6.63. The molecule has 144 valence electrons. The smallest absolute Gasteiger partial charge is 0.339 e. The molecule has 1 aromatic heterocycles. The Morgan fingerprint density at radius 2 is 1.66 bits per heavy atom. The van der Waals surface area contributed by atoms with Gasteiger partial charge in [-0.05, 0) is 29.8 Å². The maximum atomic E-state index is 12.8. The van der Waals surface area contributed by atoms with Gasteiger partial charge in [-0.1, -0.05) is 60.7 Å². The topological polar surface area (TPSA) is 68.3 Å². The Kier molecular flexibility index (Phi) is 5.20. The number of para-hydroxylation sites is 1. The van der Waals surface area contributed by atoms with Crippen LogP contribution >= 0.6 is 0 Å². The maximum Gasteiger partial charge on any atom is 0.339 e. The Morgan fingerprint density at radius 1 is 0.931 bits per heavy atom. The number of nitrogens with zero attached hydrogens (tertiary/aromatic N) is 1. The molecule has 0 unspecified atom stereocenters. The van der Waals surface area contributed by atoms with Gasteiger partial charge in [0.05, 0.1) is 16.8 Å². The van der Waals surface area contributed by atoms with Gasteiger partial charge in [-0.2, -0.15) is 0 Å². The number of likely N-dealkylation sites (N-methyl/N-ethyl adjacent to an activating group) is 1. The van der Waals surface area contributed by atoms with Gasteiger partial charge < -0.3 is 10.1 Å². The first kappa shape index (κ1) is 18.6. The molecular weight excluding hydrogens is 364 g/mol. The number of amides is 1. The number of fused-ring (bicyclic) bond motifs is 2. The summed E-state index contributed by atoms with van der Waals surface area (Å²) in [6, 6.07) is 23.2. The summed E-state index contributed by atoms with van der Waals surface area (Å²) in [5, 5.41) is 5.46. The minimum absolute atomic E-state index is 0.313. The summed E-state index contributed by atoms with van der Waals surface area (Å²) < 4.78 is 5.25. The Balaban J connectivity index is 1.81. The van der Waals surface area contributed by atoms with E-state index in [4.69, 9.17) is 9.72 Å². The van der Waals surface area contributed by atoms with Crippen LogP contribution in [0.2, 0.25) is 0 Å². The quantitative estimate of drug-likeness (QED) is 0.520. The van der Waals surface area contributed by atoms with Crippen molar-refractivity contribution in [2.24, 2.45) is 0 Å². The summed E-state index contributed by atoms with van der Waals surface area (Å²) in [4.78, 5) is 29.2. The molecule has 5 nitrogen and oxygen atoms in total. The van der Waals surface area contributed by atoms with Crippen LogP contribution in [0.1, 0.15) is 17.3 Å². The van der Waals surface area contributed by atoms with E-state index in [1.54, 1.807) is 6.07 Å². The van der Waals surface area contributed by atoms with Gasteiger partial charge in [-0.25, -0.2) is 9.78 Å². The Morgan fingerprint density at radius 3 is 2.48 bits per heavy atom. The van der Waals surface area contributed by atoms with Gasteiger partial charge in [0.25, 0.3) is 5.91 Å². The van der Waals surface area contributed by atoms with Crippen molar-refractivity contribution in [2.45, 2.75) is 6.92 Å². The third kappa shape index (κ3) is 3.80. The van der Waals surface area contributed by atoms with Crippen LogP contribution in [0.5, 0.6) is 0 Å². The van der Waals surface area contributed by atoms with Gasteiger partial charge in [-0.15, -0.1) is 0 Å². The predicted octanol–water partition coefficient (Wildman–Crippen LogP) is 4.35. The fraction of sp³-hybridized carbons (Fsp3) is 0.125. The average molecular weight is 384 g/mol. The molecule has 0 aliphatic rings. The number of aromatic nitrogens is 1. The second kappa shape index (κ2) is 8.10. The van der Waals surface area contributed by atoms with E-state index < -0.39 is 5.97 Å². The molecule has 1 amide bonds. The number of carbonyl (C=O) groups excluding carboxylic acids is 2. The first-order chi connectivity index (χ1) is 14.2. The summed E-state index contributed by atoms with van der Waals surface area (Å²) >= 11 is 0. The molecule has 0 spiro atoms. The molecule has 29 heavy (non-hydrogen) atoms. The zero-order valence-corrected chi connectivity index (χ0v) is 16.0. The number of nitrogens with one attached hydrogen (secondary N) is 1. The Hall–Kier alpha value is -3.73. The molecule has 0 bridgehead atoms. The van der Waals surface area contributed by atoms with E-state index in [2.05, 4.69) is 5.32 Å². The highest BCUT2D eigenvalue weighted by Gasteiger charge is 2.17. The van der Waals surface area contributed by atoms with Crippen LogP contribution in [0, 0.1) is 0 Å². The van der Waals surface area contributed by atoms with Crippen LogP contribution in [-0.2, 0) is 9.53 Å². The van der Waals surface area contributed by atoms with Crippen molar-refractivity contribution in [3.05, 3.63) is 78.4 Å². The third-order valence-corrected chi connectivity index (χ3v) is 4.71. The van der Waals surface area contributed by atoms with E-state index in [-0.39, 0.29) is 12.5 Å². The molecule has 5 heteroatoms.